The van der Waals surface area contributed by atoms with Gasteiger partial charge in [-0.05, 0) is 25.5 Å². The smallest absolute Gasteiger partial charge is 0.239 e. The number of hydrogen-bond donors (Lipinski definition) is 1. The molecule has 4 heteroatoms. The Kier molecular flexibility index (Phi) is 3.57. The topological polar surface area (TPSA) is 49.6 Å². The van der Waals surface area contributed by atoms with E-state index in [9.17, 15) is 4.79 Å². The van der Waals surface area contributed by atoms with E-state index < -0.39 is 6.04 Å². The SMILES string of the molecule is C[C@@H]1CN(C)c2ccccc2CN1C(=O)[C@@H](C)N. The third kappa shape index (κ3) is 2.34. The molecule has 0 radical (unpaired) electrons. The zero-order chi connectivity index (χ0) is 13.3. The van der Waals surface area contributed by atoms with Crippen LogP contribution in [0, 0.1) is 0 Å². The molecule has 1 aliphatic rings. The summed E-state index contributed by atoms with van der Waals surface area (Å²) in [5.41, 5.74) is 8.11. The van der Waals surface area contributed by atoms with Crippen molar-refractivity contribution in [1.29, 1.82) is 0 Å². The molecule has 0 aromatic heterocycles. The molecule has 1 aromatic carbocycles. The highest BCUT2D eigenvalue weighted by Gasteiger charge is 2.28. The number of nitrogens with two attached hydrogens (primary N) is 1. The third-order valence-electron chi connectivity index (χ3n) is 3.49. The summed E-state index contributed by atoms with van der Waals surface area (Å²) in [6, 6.07) is 7.94. The first-order valence-electron chi connectivity index (χ1n) is 6.36. The highest BCUT2D eigenvalue weighted by molar-refractivity contribution is 5.82. The fraction of sp³-hybridized carbons (Fsp3) is 0.500. The summed E-state index contributed by atoms with van der Waals surface area (Å²) in [7, 11) is 2.06. The Morgan fingerprint density at radius 2 is 2.11 bits per heavy atom. The van der Waals surface area contributed by atoms with Crippen molar-refractivity contribution in [1.82, 2.24) is 4.90 Å². The second-order valence-electron chi connectivity index (χ2n) is 5.11. The lowest BCUT2D eigenvalue weighted by atomic mass is 10.1. The maximum absolute atomic E-state index is 12.2. The van der Waals surface area contributed by atoms with Gasteiger partial charge in [0.05, 0.1) is 6.04 Å². The van der Waals surface area contributed by atoms with Crippen LogP contribution in [0.3, 0.4) is 0 Å². The van der Waals surface area contributed by atoms with E-state index in [0.29, 0.717) is 6.54 Å². The zero-order valence-corrected chi connectivity index (χ0v) is 11.3. The van der Waals surface area contributed by atoms with Gasteiger partial charge < -0.3 is 15.5 Å². The minimum Gasteiger partial charge on any atom is -0.372 e. The average Bonchev–Trinajstić information content (AvgIpc) is 2.46. The quantitative estimate of drug-likeness (QED) is 0.811. The highest BCUT2D eigenvalue weighted by Crippen LogP contribution is 2.26. The molecule has 4 nitrogen and oxygen atoms in total. The van der Waals surface area contributed by atoms with Crippen LogP contribution >= 0.6 is 0 Å². The number of benzene rings is 1. The fourth-order valence-electron chi connectivity index (χ4n) is 2.51. The summed E-state index contributed by atoms with van der Waals surface area (Å²) in [6.45, 7) is 5.29. The summed E-state index contributed by atoms with van der Waals surface area (Å²) < 4.78 is 0. The van der Waals surface area contributed by atoms with Crippen LogP contribution in [0.15, 0.2) is 24.3 Å². The molecule has 1 aliphatic heterocycles. The number of hydrogen-bond acceptors (Lipinski definition) is 3. The third-order valence-corrected chi connectivity index (χ3v) is 3.49. The van der Waals surface area contributed by atoms with Gasteiger partial charge in [-0.3, -0.25) is 4.79 Å². The fourth-order valence-corrected chi connectivity index (χ4v) is 2.51. The molecule has 0 aliphatic carbocycles. The first kappa shape index (κ1) is 12.9. The number of para-hydroxylation sites is 1. The predicted octanol–water partition coefficient (Wildman–Crippen LogP) is 1.20. The molecule has 0 saturated heterocycles. The molecule has 2 N–H and O–H groups in total. The van der Waals surface area contributed by atoms with Crippen LogP contribution in [0.5, 0.6) is 0 Å². The molecule has 1 aromatic rings. The van der Waals surface area contributed by atoms with Gasteiger partial charge in [0.15, 0.2) is 0 Å². The second kappa shape index (κ2) is 4.98. The lowest BCUT2D eigenvalue weighted by molar-refractivity contribution is -0.134. The van der Waals surface area contributed by atoms with E-state index >= 15 is 0 Å². The monoisotopic (exact) mass is 247 g/mol. The van der Waals surface area contributed by atoms with Crippen LogP contribution < -0.4 is 10.6 Å². The summed E-state index contributed by atoms with van der Waals surface area (Å²) in [5.74, 6) is 0.0209. The van der Waals surface area contributed by atoms with Crippen molar-refractivity contribution in [2.75, 3.05) is 18.5 Å². The van der Waals surface area contributed by atoms with E-state index in [-0.39, 0.29) is 11.9 Å². The predicted molar refractivity (Wildman–Crippen MR) is 73.4 cm³/mol. The molecular weight excluding hydrogens is 226 g/mol. The number of nitrogens with zero attached hydrogens (tertiary/aromatic N) is 2. The zero-order valence-electron chi connectivity index (χ0n) is 11.3. The maximum Gasteiger partial charge on any atom is 0.239 e. The minimum atomic E-state index is -0.442. The van der Waals surface area contributed by atoms with Gasteiger partial charge in [-0.25, -0.2) is 0 Å². The number of amides is 1. The van der Waals surface area contributed by atoms with Crippen molar-refractivity contribution in [2.45, 2.75) is 32.5 Å². The standard InChI is InChI=1S/C14H21N3O/c1-10-8-16(3)13-7-5-4-6-12(13)9-17(10)14(18)11(2)15/h4-7,10-11H,8-9,15H2,1-3H3/t10-,11-/m1/s1. The summed E-state index contributed by atoms with van der Waals surface area (Å²) >= 11 is 0. The van der Waals surface area contributed by atoms with Gasteiger partial charge >= 0.3 is 0 Å². The lowest BCUT2D eigenvalue weighted by Crippen LogP contribution is -2.48. The Morgan fingerprint density at radius 3 is 2.78 bits per heavy atom. The van der Waals surface area contributed by atoms with Crippen LogP contribution in [0.4, 0.5) is 5.69 Å². The van der Waals surface area contributed by atoms with Crippen LogP contribution in [0.1, 0.15) is 19.4 Å². The van der Waals surface area contributed by atoms with E-state index in [1.54, 1.807) is 6.92 Å². The van der Waals surface area contributed by atoms with E-state index in [1.807, 2.05) is 17.0 Å². The largest absolute Gasteiger partial charge is 0.372 e. The van der Waals surface area contributed by atoms with Gasteiger partial charge in [0, 0.05) is 31.9 Å². The van der Waals surface area contributed by atoms with Crippen molar-refractivity contribution in [3.63, 3.8) is 0 Å². The Morgan fingerprint density at radius 1 is 1.44 bits per heavy atom. The van der Waals surface area contributed by atoms with Crippen LogP contribution in [-0.2, 0) is 11.3 Å². The summed E-state index contributed by atoms with van der Waals surface area (Å²) in [4.78, 5) is 16.2. The molecule has 0 saturated carbocycles. The minimum absolute atomic E-state index is 0.0209. The van der Waals surface area contributed by atoms with Gasteiger partial charge in [-0.1, -0.05) is 18.2 Å². The van der Waals surface area contributed by atoms with Gasteiger partial charge in [0.2, 0.25) is 5.91 Å². The van der Waals surface area contributed by atoms with Gasteiger partial charge in [-0.2, -0.15) is 0 Å². The average molecular weight is 247 g/mol. The van der Waals surface area contributed by atoms with Crippen LogP contribution in [0.25, 0.3) is 0 Å². The maximum atomic E-state index is 12.2. The Labute approximate surface area is 108 Å². The molecule has 1 heterocycles. The van der Waals surface area contributed by atoms with Crippen LogP contribution in [0.2, 0.25) is 0 Å². The van der Waals surface area contributed by atoms with Gasteiger partial charge in [0.1, 0.15) is 0 Å². The molecule has 0 spiro atoms. The second-order valence-corrected chi connectivity index (χ2v) is 5.11. The number of likely N-dealkylation sites (N-methyl/N-ethyl adjacent to an activating group) is 1. The van der Waals surface area contributed by atoms with Crippen molar-refractivity contribution < 1.29 is 4.79 Å². The van der Waals surface area contributed by atoms with Gasteiger partial charge in [0.25, 0.3) is 0 Å². The van der Waals surface area contributed by atoms with Crippen molar-refractivity contribution in [3.05, 3.63) is 29.8 Å². The molecule has 98 valence electrons. The summed E-state index contributed by atoms with van der Waals surface area (Å²) in [6.07, 6.45) is 0. The Bertz CT molecular complexity index is 444. The van der Waals surface area contributed by atoms with Crippen LogP contribution in [-0.4, -0.2) is 36.5 Å². The number of carbonyl (C=O) groups excluding carboxylic acids is 1. The van der Waals surface area contributed by atoms with E-state index in [4.69, 9.17) is 5.73 Å². The number of carbonyl (C=O) groups is 1. The lowest BCUT2D eigenvalue weighted by Gasteiger charge is -2.29. The molecule has 0 unspecified atom stereocenters. The molecule has 1 amide bonds. The number of rotatable bonds is 1. The molecule has 18 heavy (non-hydrogen) atoms. The normalized spacial score (nSPS) is 21.2. The molecule has 2 rings (SSSR count). The van der Waals surface area contributed by atoms with E-state index in [0.717, 1.165) is 6.54 Å². The molecule has 0 fully saturated rings. The molecule has 2 atom stereocenters. The van der Waals surface area contributed by atoms with Crippen molar-refractivity contribution in [2.24, 2.45) is 5.73 Å². The van der Waals surface area contributed by atoms with Gasteiger partial charge in [-0.15, -0.1) is 0 Å². The highest BCUT2D eigenvalue weighted by atomic mass is 16.2. The number of anilines is 1. The summed E-state index contributed by atoms with van der Waals surface area (Å²) in [5, 5.41) is 0. The van der Waals surface area contributed by atoms with E-state index in [1.165, 1.54) is 11.3 Å². The Hall–Kier alpha value is -1.55. The van der Waals surface area contributed by atoms with Crippen molar-refractivity contribution in [3.8, 4) is 0 Å². The molecule has 0 bridgehead atoms. The van der Waals surface area contributed by atoms with E-state index in [2.05, 4.69) is 31.0 Å². The molecular formula is C14H21N3O. The Balaban J connectivity index is 2.34. The first-order valence-corrected chi connectivity index (χ1v) is 6.36. The van der Waals surface area contributed by atoms with Crippen molar-refractivity contribution >= 4 is 11.6 Å². The number of fused-ring (bicyclic) bond motifs is 1. The first-order chi connectivity index (χ1) is 8.50.